The molecule has 1 aromatic carbocycles. The quantitative estimate of drug-likeness (QED) is 0.283. The van der Waals surface area contributed by atoms with Gasteiger partial charge in [-0.15, -0.1) is 0 Å². The zero-order valence-electron chi connectivity index (χ0n) is 6.51. The Balaban J connectivity index is 0. The molecule has 2 N–H and O–H groups in total. The van der Waals surface area contributed by atoms with Gasteiger partial charge < -0.3 is 0 Å². The van der Waals surface area contributed by atoms with Crippen molar-refractivity contribution in [3.8, 4) is 0 Å². The van der Waals surface area contributed by atoms with Gasteiger partial charge >= 0.3 is 40.0 Å². The maximum Gasteiger partial charge on any atom is 1.00 e. The topological polar surface area (TPSA) is 74.6 Å². The molecule has 0 unspecified atom stereocenters. The van der Waals surface area contributed by atoms with Gasteiger partial charge in [-0.05, 0) is 0 Å². The summed E-state index contributed by atoms with van der Waals surface area (Å²) in [4.78, 5) is 0. The predicted molar refractivity (Wildman–Crippen MR) is 39.5 cm³/mol. The van der Waals surface area contributed by atoms with Crippen LogP contribution in [0.4, 0.5) is 0 Å². The van der Waals surface area contributed by atoms with Gasteiger partial charge in [0.25, 0.3) is 0 Å². The first kappa shape index (κ1) is 14.6. The summed E-state index contributed by atoms with van der Waals surface area (Å²) in [5, 5.41) is 0. The Morgan fingerprint density at radius 1 is 1.00 bits per heavy atom. The summed E-state index contributed by atoms with van der Waals surface area (Å²) in [6.07, 6.45) is 0. The van der Waals surface area contributed by atoms with Gasteiger partial charge in [-0.1, -0.05) is 0 Å². The van der Waals surface area contributed by atoms with E-state index in [4.69, 9.17) is 17.5 Å². The molecule has 1 aromatic rings. The van der Waals surface area contributed by atoms with E-state index in [0.717, 1.165) is 0 Å². The normalized spacial score (nSPS) is 8.83. The molecule has 4 nitrogen and oxygen atoms in total. The molecule has 0 amide bonds. The Labute approximate surface area is 93.5 Å². The summed E-state index contributed by atoms with van der Waals surface area (Å²) in [5.74, 6) is 0. The molecule has 0 bridgehead atoms. The van der Waals surface area contributed by atoms with Crippen LogP contribution in [-0.4, -0.2) is 17.5 Å². The summed E-state index contributed by atoms with van der Waals surface area (Å²) < 4.78 is 31.6. The van der Waals surface area contributed by atoms with Crippen molar-refractivity contribution in [1.82, 2.24) is 0 Å². The van der Waals surface area contributed by atoms with Crippen LogP contribution < -0.4 is 29.6 Å². The monoisotopic (exact) mass is 198 g/mol. The summed E-state index contributed by atoms with van der Waals surface area (Å²) in [5.41, 5.74) is 0. The first-order chi connectivity index (χ1) is 5.00. The largest absolute Gasteiger partial charge is 1.00 e. The molecule has 0 heterocycles. The number of hydrogen-bond acceptors (Lipinski definition) is 2. The SMILES string of the molecule is O=S(=O)(O)O.[Na+].[c-]1ccccc1. The summed E-state index contributed by atoms with van der Waals surface area (Å²) >= 11 is 0. The number of benzene rings is 1. The van der Waals surface area contributed by atoms with Gasteiger partial charge in [0.1, 0.15) is 0 Å². The second-order valence-electron chi connectivity index (χ2n) is 1.53. The Bertz CT molecular complexity index is 236. The van der Waals surface area contributed by atoms with Crippen molar-refractivity contribution in [1.29, 1.82) is 0 Å². The van der Waals surface area contributed by atoms with Gasteiger partial charge in [0.2, 0.25) is 0 Å². The molecule has 1 rings (SSSR count). The number of hydrogen-bond donors (Lipinski definition) is 2. The molecule has 62 valence electrons. The molecule has 0 saturated carbocycles. The number of rotatable bonds is 0. The fourth-order valence-electron chi connectivity index (χ4n) is 0.342. The van der Waals surface area contributed by atoms with Crippen molar-refractivity contribution < 1.29 is 47.1 Å². The van der Waals surface area contributed by atoms with Crippen LogP contribution in [0.15, 0.2) is 30.3 Å². The second kappa shape index (κ2) is 7.72. The minimum Gasteiger partial charge on any atom is -0.264 e. The minimum atomic E-state index is -4.67. The fraction of sp³-hybridized carbons (Fsp3) is 0. The second-order valence-corrected chi connectivity index (χ2v) is 2.42. The molecular weight excluding hydrogens is 191 g/mol. The predicted octanol–water partition coefficient (Wildman–Crippen LogP) is -2.16. The molecule has 0 fully saturated rings. The maximum absolute atomic E-state index is 8.74. The van der Waals surface area contributed by atoms with Gasteiger partial charge in [-0.3, -0.25) is 9.11 Å². The van der Waals surface area contributed by atoms with Crippen molar-refractivity contribution in [2.75, 3.05) is 0 Å². The zero-order valence-corrected chi connectivity index (χ0v) is 9.32. The van der Waals surface area contributed by atoms with Crippen LogP contribution in [0.5, 0.6) is 0 Å². The van der Waals surface area contributed by atoms with Crippen molar-refractivity contribution >= 4 is 10.4 Å². The Morgan fingerprint density at radius 2 is 1.33 bits per heavy atom. The van der Waals surface area contributed by atoms with Crippen LogP contribution in [0, 0.1) is 6.07 Å². The van der Waals surface area contributed by atoms with E-state index in [2.05, 4.69) is 6.07 Å². The first-order valence-corrected chi connectivity index (χ1v) is 4.01. The van der Waals surface area contributed by atoms with Gasteiger partial charge in [-0.2, -0.15) is 44.8 Å². The molecule has 6 heteroatoms. The molecule has 0 saturated heterocycles. The molecule has 0 aliphatic heterocycles. The van der Waals surface area contributed by atoms with E-state index in [1.807, 2.05) is 30.3 Å². The van der Waals surface area contributed by atoms with Crippen LogP contribution in [0.1, 0.15) is 0 Å². The Hall–Kier alpha value is 0.0900. The average molecular weight is 198 g/mol. The van der Waals surface area contributed by atoms with E-state index in [-0.39, 0.29) is 29.6 Å². The van der Waals surface area contributed by atoms with Crippen LogP contribution in [0.25, 0.3) is 0 Å². The van der Waals surface area contributed by atoms with E-state index < -0.39 is 10.4 Å². The van der Waals surface area contributed by atoms with Crippen molar-refractivity contribution in [2.45, 2.75) is 0 Å². The molecule has 0 spiro atoms. The third-order valence-electron chi connectivity index (χ3n) is 0.607. The third kappa shape index (κ3) is 22.5. The summed E-state index contributed by atoms with van der Waals surface area (Å²) in [6.45, 7) is 0. The average Bonchev–Trinajstić information content (AvgIpc) is 1.88. The van der Waals surface area contributed by atoms with Crippen molar-refractivity contribution in [3.05, 3.63) is 36.4 Å². The van der Waals surface area contributed by atoms with E-state index in [1.165, 1.54) is 0 Å². The van der Waals surface area contributed by atoms with Gasteiger partial charge in [0, 0.05) is 0 Å². The van der Waals surface area contributed by atoms with Crippen LogP contribution >= 0.6 is 0 Å². The smallest absolute Gasteiger partial charge is 0.264 e. The molecule has 12 heavy (non-hydrogen) atoms. The van der Waals surface area contributed by atoms with Crippen molar-refractivity contribution in [3.63, 3.8) is 0 Å². The standard InChI is InChI=1S/C6H5.Na.H2O4S/c1-2-4-6-5-3-1;;1-5(2,3)4/h1-5H;;(H2,1,2,3,4)/q-1;+1;. The molecule has 0 aliphatic rings. The van der Waals surface area contributed by atoms with E-state index >= 15 is 0 Å². The summed E-state index contributed by atoms with van der Waals surface area (Å²) in [7, 11) is -4.67. The van der Waals surface area contributed by atoms with E-state index in [0.29, 0.717) is 0 Å². The molecule has 0 radical (unpaired) electrons. The van der Waals surface area contributed by atoms with Gasteiger partial charge in [0.15, 0.2) is 0 Å². The Kier molecular flexibility index (Phi) is 9.40. The minimum absolute atomic E-state index is 0. The Morgan fingerprint density at radius 3 is 1.42 bits per heavy atom. The molecule has 0 atom stereocenters. The maximum atomic E-state index is 8.74. The van der Waals surface area contributed by atoms with E-state index in [1.54, 1.807) is 0 Å². The summed E-state index contributed by atoms with van der Waals surface area (Å²) in [6, 6.07) is 12.5. The fourth-order valence-corrected chi connectivity index (χ4v) is 0.342. The van der Waals surface area contributed by atoms with Crippen molar-refractivity contribution in [2.24, 2.45) is 0 Å². The van der Waals surface area contributed by atoms with Gasteiger partial charge in [-0.25, -0.2) is 0 Å². The third-order valence-corrected chi connectivity index (χ3v) is 0.607. The molecule has 0 aliphatic carbocycles. The zero-order chi connectivity index (χ0) is 8.74. The van der Waals surface area contributed by atoms with Crippen LogP contribution in [0.3, 0.4) is 0 Å². The molecule has 0 aromatic heterocycles. The molecular formula is C6H7NaO4S. The first-order valence-electron chi connectivity index (χ1n) is 2.61. The van der Waals surface area contributed by atoms with Gasteiger partial charge in [0.05, 0.1) is 0 Å². The van der Waals surface area contributed by atoms with Crippen LogP contribution in [-0.2, 0) is 10.4 Å². The van der Waals surface area contributed by atoms with E-state index in [9.17, 15) is 0 Å². The van der Waals surface area contributed by atoms with Crippen LogP contribution in [0.2, 0.25) is 0 Å².